The average Bonchev–Trinajstić information content (AvgIpc) is 2.39. The van der Waals surface area contributed by atoms with Gasteiger partial charge in [-0.3, -0.25) is 0 Å². The van der Waals surface area contributed by atoms with Crippen LogP contribution in [0.5, 0.6) is 5.75 Å². The van der Waals surface area contributed by atoms with Crippen LogP contribution in [0.1, 0.15) is 17.2 Å². The number of ether oxygens (including phenoxy) is 3. The first-order valence-electron chi connectivity index (χ1n) is 5.74. The van der Waals surface area contributed by atoms with E-state index in [1.54, 1.807) is 7.11 Å². The summed E-state index contributed by atoms with van der Waals surface area (Å²) in [5.74, 6) is 0.821. The van der Waals surface area contributed by atoms with Gasteiger partial charge in [-0.15, -0.1) is 0 Å². The monoisotopic (exact) mass is 238 g/mol. The summed E-state index contributed by atoms with van der Waals surface area (Å²) in [5.41, 5.74) is 1.83. The van der Waals surface area contributed by atoms with Crippen molar-refractivity contribution in [2.75, 3.05) is 26.9 Å². The van der Waals surface area contributed by atoms with E-state index in [4.69, 9.17) is 14.2 Å². The van der Waals surface area contributed by atoms with Crippen LogP contribution in [0.2, 0.25) is 0 Å². The molecule has 94 valence electrons. The third kappa shape index (κ3) is 2.77. The maximum atomic E-state index is 10.2. The third-order valence-corrected chi connectivity index (χ3v) is 2.95. The highest BCUT2D eigenvalue weighted by Gasteiger charge is 2.24. The first kappa shape index (κ1) is 12.4. The van der Waals surface area contributed by atoms with Gasteiger partial charge in [0.05, 0.1) is 26.9 Å². The highest BCUT2D eigenvalue weighted by molar-refractivity contribution is 5.37. The molecule has 0 radical (unpaired) electrons. The highest BCUT2D eigenvalue weighted by Crippen LogP contribution is 2.26. The van der Waals surface area contributed by atoms with Crippen molar-refractivity contribution in [3.63, 3.8) is 0 Å². The van der Waals surface area contributed by atoms with Gasteiger partial charge in [-0.1, -0.05) is 6.07 Å². The molecule has 0 saturated carbocycles. The molecule has 2 atom stereocenters. The summed E-state index contributed by atoms with van der Waals surface area (Å²) < 4.78 is 16.0. The van der Waals surface area contributed by atoms with E-state index >= 15 is 0 Å². The number of methoxy groups -OCH3 is 1. The molecule has 17 heavy (non-hydrogen) atoms. The van der Waals surface area contributed by atoms with Gasteiger partial charge < -0.3 is 19.3 Å². The number of rotatable bonds is 3. The van der Waals surface area contributed by atoms with Crippen molar-refractivity contribution in [1.29, 1.82) is 0 Å². The van der Waals surface area contributed by atoms with Crippen LogP contribution in [-0.2, 0) is 9.47 Å². The van der Waals surface area contributed by atoms with Crippen LogP contribution >= 0.6 is 0 Å². The molecule has 2 unspecified atom stereocenters. The molecule has 1 aromatic rings. The predicted octanol–water partition coefficient (Wildman–Crippen LogP) is 1.45. The lowest BCUT2D eigenvalue weighted by atomic mass is 10.0. The van der Waals surface area contributed by atoms with Crippen LogP contribution in [0.4, 0.5) is 0 Å². The molecule has 1 fully saturated rings. The minimum atomic E-state index is -0.653. The van der Waals surface area contributed by atoms with Crippen molar-refractivity contribution in [2.24, 2.45) is 0 Å². The minimum Gasteiger partial charge on any atom is -0.496 e. The normalized spacial score (nSPS) is 22.2. The van der Waals surface area contributed by atoms with Crippen molar-refractivity contribution >= 4 is 0 Å². The predicted molar refractivity (Wildman–Crippen MR) is 63.2 cm³/mol. The Morgan fingerprint density at radius 3 is 2.82 bits per heavy atom. The van der Waals surface area contributed by atoms with Crippen LogP contribution in [0.15, 0.2) is 18.2 Å². The average molecular weight is 238 g/mol. The second-order valence-corrected chi connectivity index (χ2v) is 4.16. The SMILES string of the molecule is COc1ccc(C(O)C2COCCO2)cc1C. The summed E-state index contributed by atoms with van der Waals surface area (Å²) in [6.45, 7) is 3.53. The number of aryl methyl sites for hydroxylation is 1. The lowest BCUT2D eigenvalue weighted by molar-refractivity contribution is -0.133. The Kier molecular flexibility index (Phi) is 3.99. The fourth-order valence-corrected chi connectivity index (χ4v) is 1.99. The van der Waals surface area contributed by atoms with Crippen LogP contribution < -0.4 is 4.74 Å². The van der Waals surface area contributed by atoms with Crippen molar-refractivity contribution < 1.29 is 19.3 Å². The van der Waals surface area contributed by atoms with E-state index in [0.29, 0.717) is 19.8 Å². The molecule has 0 aromatic heterocycles. The fraction of sp³-hybridized carbons (Fsp3) is 0.538. The van der Waals surface area contributed by atoms with Gasteiger partial charge in [0.15, 0.2) is 0 Å². The molecule has 0 bridgehead atoms. The number of benzene rings is 1. The smallest absolute Gasteiger partial charge is 0.121 e. The zero-order valence-electron chi connectivity index (χ0n) is 10.2. The number of hydrogen-bond acceptors (Lipinski definition) is 4. The molecule has 1 heterocycles. The molecule has 4 nitrogen and oxygen atoms in total. The molecule has 0 amide bonds. The summed E-state index contributed by atoms with van der Waals surface area (Å²) in [4.78, 5) is 0. The number of aliphatic hydroxyl groups is 1. The first-order valence-corrected chi connectivity index (χ1v) is 5.74. The maximum absolute atomic E-state index is 10.2. The Hall–Kier alpha value is -1.10. The summed E-state index contributed by atoms with van der Waals surface area (Å²) >= 11 is 0. The van der Waals surface area contributed by atoms with E-state index in [2.05, 4.69) is 0 Å². The van der Waals surface area contributed by atoms with Crippen LogP contribution in [0.25, 0.3) is 0 Å². The Balaban J connectivity index is 2.12. The molecule has 4 heteroatoms. The maximum Gasteiger partial charge on any atom is 0.121 e. The van der Waals surface area contributed by atoms with E-state index in [9.17, 15) is 5.11 Å². The molecule has 1 aliphatic heterocycles. The zero-order chi connectivity index (χ0) is 12.3. The van der Waals surface area contributed by atoms with E-state index < -0.39 is 6.10 Å². The van der Waals surface area contributed by atoms with E-state index in [1.165, 1.54) is 0 Å². The highest BCUT2D eigenvalue weighted by atomic mass is 16.6. The molecule has 0 aliphatic carbocycles. The van der Waals surface area contributed by atoms with Gasteiger partial charge in [0, 0.05) is 0 Å². The zero-order valence-corrected chi connectivity index (χ0v) is 10.2. The van der Waals surface area contributed by atoms with Gasteiger partial charge in [0.1, 0.15) is 18.0 Å². The van der Waals surface area contributed by atoms with Crippen molar-refractivity contribution in [3.05, 3.63) is 29.3 Å². The molecule has 1 saturated heterocycles. The fourth-order valence-electron chi connectivity index (χ4n) is 1.99. The molecular formula is C13H18O4. The second kappa shape index (κ2) is 5.49. The topological polar surface area (TPSA) is 47.9 Å². The third-order valence-electron chi connectivity index (χ3n) is 2.95. The lowest BCUT2D eigenvalue weighted by Gasteiger charge is -2.27. The summed E-state index contributed by atoms with van der Waals surface area (Å²) in [5, 5.41) is 10.2. The standard InChI is InChI=1S/C13H18O4/c1-9-7-10(3-4-11(9)15-2)13(14)12-8-16-5-6-17-12/h3-4,7,12-14H,5-6,8H2,1-2H3. The summed E-state index contributed by atoms with van der Waals surface area (Å²) in [6, 6.07) is 5.63. The summed E-state index contributed by atoms with van der Waals surface area (Å²) in [6.07, 6.45) is -0.934. The Morgan fingerprint density at radius 1 is 1.41 bits per heavy atom. The Labute approximate surface area is 101 Å². The second-order valence-electron chi connectivity index (χ2n) is 4.16. The van der Waals surface area contributed by atoms with Gasteiger partial charge in [-0.25, -0.2) is 0 Å². The molecule has 1 aromatic carbocycles. The van der Waals surface area contributed by atoms with Gasteiger partial charge in [0.2, 0.25) is 0 Å². The molecule has 1 aliphatic rings. The minimum absolute atomic E-state index is 0.281. The summed E-state index contributed by atoms with van der Waals surface area (Å²) in [7, 11) is 1.64. The molecule has 2 rings (SSSR count). The van der Waals surface area contributed by atoms with E-state index in [-0.39, 0.29) is 6.10 Å². The largest absolute Gasteiger partial charge is 0.496 e. The van der Waals surface area contributed by atoms with Gasteiger partial charge in [-0.2, -0.15) is 0 Å². The van der Waals surface area contributed by atoms with Gasteiger partial charge >= 0.3 is 0 Å². The van der Waals surface area contributed by atoms with E-state index in [0.717, 1.165) is 16.9 Å². The molecule has 1 N–H and O–H groups in total. The van der Waals surface area contributed by atoms with Crippen molar-refractivity contribution in [2.45, 2.75) is 19.1 Å². The van der Waals surface area contributed by atoms with Gasteiger partial charge in [-0.05, 0) is 30.2 Å². The van der Waals surface area contributed by atoms with Crippen LogP contribution in [-0.4, -0.2) is 38.1 Å². The Bertz CT molecular complexity index is 372. The molecular weight excluding hydrogens is 220 g/mol. The molecule has 0 spiro atoms. The first-order chi connectivity index (χ1) is 8.22. The van der Waals surface area contributed by atoms with Crippen molar-refractivity contribution in [1.82, 2.24) is 0 Å². The van der Waals surface area contributed by atoms with Crippen LogP contribution in [0.3, 0.4) is 0 Å². The Morgan fingerprint density at radius 2 is 2.24 bits per heavy atom. The number of aliphatic hydroxyl groups excluding tert-OH is 1. The van der Waals surface area contributed by atoms with Crippen LogP contribution in [0, 0.1) is 6.92 Å². The quantitative estimate of drug-likeness (QED) is 0.866. The lowest BCUT2D eigenvalue weighted by Crippen LogP contribution is -2.33. The van der Waals surface area contributed by atoms with E-state index in [1.807, 2.05) is 25.1 Å². The van der Waals surface area contributed by atoms with Gasteiger partial charge in [0.25, 0.3) is 0 Å². The number of hydrogen-bond donors (Lipinski definition) is 1. The van der Waals surface area contributed by atoms with Crippen molar-refractivity contribution in [3.8, 4) is 5.75 Å².